The SMILES string of the molecule is Clc1nc(-c2ccccc2)nc(Cl)c1[P+](c1ccccc1)(c1ccccc1)c1ccccc1.[O-][Cl+3]([O-])([O-])O. The fourth-order valence-electron chi connectivity index (χ4n) is 4.18. The zero-order valence-electron chi connectivity index (χ0n) is 19.7. The minimum Gasteiger partial charge on any atom is -0.212 e. The lowest BCUT2D eigenvalue weighted by Crippen LogP contribution is -2.58. The normalized spacial score (nSPS) is 11.4. The van der Waals surface area contributed by atoms with E-state index in [0.717, 1.165) is 26.8 Å². The summed E-state index contributed by atoms with van der Waals surface area (Å²) in [5.74, 6) is 0.515. The summed E-state index contributed by atoms with van der Waals surface area (Å²) >= 11 is 14.0. The molecule has 0 radical (unpaired) electrons. The molecule has 192 valence electrons. The van der Waals surface area contributed by atoms with E-state index < -0.39 is 17.5 Å². The van der Waals surface area contributed by atoms with Crippen molar-refractivity contribution in [1.82, 2.24) is 9.97 Å². The number of hydrogen-bond acceptors (Lipinski definition) is 6. The molecular formula is C28H21Cl3N2O4P+. The molecule has 1 heterocycles. The van der Waals surface area contributed by atoms with Gasteiger partial charge >= 0.3 is 0 Å². The molecule has 0 aliphatic heterocycles. The van der Waals surface area contributed by atoms with Gasteiger partial charge in [-0.2, -0.15) is 14.0 Å². The number of halogens is 3. The molecule has 0 unspecified atom stereocenters. The van der Waals surface area contributed by atoms with Crippen LogP contribution < -0.4 is 35.2 Å². The van der Waals surface area contributed by atoms with E-state index in [-0.39, 0.29) is 0 Å². The standard InChI is InChI=1S/C28H20Cl2N2P.ClHO4/c29-26-25(27(30)32-28(31-26)21-13-5-1-6-14-21)33(22-15-7-2-8-16-22,23-17-9-3-10-18-23)24-19-11-4-12-20-24;2-1(3,4)5/h1-20H;(H,2,3,4,5)/q+1;. The van der Waals surface area contributed by atoms with E-state index in [1.165, 1.54) is 0 Å². The molecule has 0 saturated carbocycles. The maximum Gasteiger partial charge on any atom is 0.184 e. The van der Waals surface area contributed by atoms with Crippen molar-refractivity contribution in [3.05, 3.63) is 132 Å². The van der Waals surface area contributed by atoms with Crippen LogP contribution in [0.25, 0.3) is 11.4 Å². The summed E-state index contributed by atoms with van der Waals surface area (Å²) in [4.78, 5) is 9.49. The smallest absolute Gasteiger partial charge is 0.184 e. The van der Waals surface area contributed by atoms with Gasteiger partial charge in [-0.05, 0) is 36.4 Å². The molecule has 0 amide bonds. The molecular weight excluding hydrogens is 566 g/mol. The van der Waals surface area contributed by atoms with E-state index in [9.17, 15) is 0 Å². The third-order valence-electron chi connectivity index (χ3n) is 5.60. The summed E-state index contributed by atoms with van der Waals surface area (Å²) in [7, 11) is -7.18. The van der Waals surface area contributed by atoms with Crippen LogP contribution in [-0.4, -0.2) is 14.6 Å². The van der Waals surface area contributed by atoms with Gasteiger partial charge in [0.25, 0.3) is 0 Å². The van der Waals surface area contributed by atoms with Crippen LogP contribution in [0.1, 0.15) is 0 Å². The summed E-state index contributed by atoms with van der Waals surface area (Å²) in [6.07, 6.45) is 0. The Morgan fingerprint density at radius 3 is 1.16 bits per heavy atom. The van der Waals surface area contributed by atoms with E-state index in [1.807, 2.05) is 48.5 Å². The number of nitrogens with zero attached hydrogens (tertiary/aromatic N) is 2. The minimum atomic E-state index is -4.69. The van der Waals surface area contributed by atoms with Gasteiger partial charge in [0.2, 0.25) is 0 Å². The van der Waals surface area contributed by atoms with Crippen LogP contribution in [0.5, 0.6) is 0 Å². The second kappa shape index (κ2) is 12.3. The van der Waals surface area contributed by atoms with Gasteiger partial charge in [0.05, 0.1) is 14.9 Å². The molecule has 10 heteroatoms. The average molecular weight is 587 g/mol. The monoisotopic (exact) mass is 585 g/mol. The lowest BCUT2D eigenvalue weighted by molar-refractivity contribution is -1.92. The molecule has 1 N–H and O–H groups in total. The van der Waals surface area contributed by atoms with Crippen molar-refractivity contribution >= 4 is 51.7 Å². The summed E-state index contributed by atoms with van der Waals surface area (Å²) in [5, 5.41) is 4.94. The van der Waals surface area contributed by atoms with Crippen LogP contribution >= 0.6 is 30.5 Å². The Balaban J connectivity index is 0.000000617. The number of aromatic nitrogens is 2. The Bertz CT molecular complexity index is 1350. The summed E-state index contributed by atoms with van der Waals surface area (Å²) in [5.41, 5.74) is 0.871. The molecule has 0 aliphatic rings. The zero-order chi connectivity index (χ0) is 27.2. The maximum absolute atomic E-state index is 8.60. The molecule has 0 saturated heterocycles. The van der Waals surface area contributed by atoms with Gasteiger partial charge in [0.15, 0.2) is 28.7 Å². The summed E-state index contributed by atoms with van der Waals surface area (Å²) < 4.78 is 32.7. The quantitative estimate of drug-likeness (QED) is 0.249. The van der Waals surface area contributed by atoms with Gasteiger partial charge < -0.3 is 0 Å². The first-order valence-electron chi connectivity index (χ1n) is 11.2. The first kappa shape index (κ1) is 28.1. The molecule has 0 atom stereocenters. The topological polar surface area (TPSA) is 115 Å². The van der Waals surface area contributed by atoms with Gasteiger partial charge in [0, 0.05) is 5.56 Å². The van der Waals surface area contributed by atoms with Crippen molar-refractivity contribution in [1.29, 1.82) is 0 Å². The third-order valence-corrected chi connectivity index (χ3v) is 10.7. The average Bonchev–Trinajstić information content (AvgIpc) is 2.92. The van der Waals surface area contributed by atoms with E-state index in [0.29, 0.717) is 16.1 Å². The number of hydrogen-bond donors (Lipinski definition) is 1. The van der Waals surface area contributed by atoms with E-state index in [1.54, 1.807) is 0 Å². The summed E-state index contributed by atoms with van der Waals surface area (Å²) in [6, 6.07) is 41.0. The van der Waals surface area contributed by atoms with Crippen molar-refractivity contribution in [2.24, 2.45) is 0 Å². The second-order valence-electron chi connectivity index (χ2n) is 7.92. The highest BCUT2D eigenvalue weighted by molar-refractivity contribution is 8.01. The molecule has 6 nitrogen and oxygen atoms in total. The van der Waals surface area contributed by atoms with Gasteiger partial charge in [-0.15, -0.1) is 0 Å². The fraction of sp³-hybridized carbons (Fsp3) is 0. The van der Waals surface area contributed by atoms with Crippen LogP contribution in [0, 0.1) is 10.2 Å². The van der Waals surface area contributed by atoms with Crippen LogP contribution in [0.2, 0.25) is 10.3 Å². The van der Waals surface area contributed by atoms with Crippen molar-refractivity contribution in [3.8, 4) is 11.4 Å². The Hall–Kier alpha value is -2.90. The Labute approximate surface area is 232 Å². The lowest BCUT2D eigenvalue weighted by atomic mass is 10.2. The van der Waals surface area contributed by atoms with E-state index >= 15 is 0 Å². The third kappa shape index (κ3) is 6.38. The van der Waals surface area contributed by atoms with Crippen molar-refractivity contribution in [3.63, 3.8) is 0 Å². The Kier molecular flexibility index (Phi) is 9.11. The molecule has 5 rings (SSSR count). The maximum atomic E-state index is 8.60. The molecule has 0 bridgehead atoms. The highest BCUT2D eigenvalue weighted by Gasteiger charge is 2.52. The van der Waals surface area contributed by atoms with Gasteiger partial charge in [-0.25, -0.2) is 9.97 Å². The van der Waals surface area contributed by atoms with Gasteiger partial charge in [-0.1, -0.05) is 108 Å². The number of rotatable bonds is 5. The van der Waals surface area contributed by atoms with Crippen molar-refractivity contribution < 1.29 is 28.9 Å². The molecule has 0 spiro atoms. The molecule has 0 aliphatic carbocycles. The molecule has 1 aromatic heterocycles. The summed E-state index contributed by atoms with van der Waals surface area (Å²) in [6.45, 7) is 0. The number of benzene rings is 4. The first-order valence-corrected chi connectivity index (χ1v) is 15.0. The highest BCUT2D eigenvalue weighted by Crippen LogP contribution is 2.56. The Morgan fingerprint density at radius 2 is 0.842 bits per heavy atom. The fourth-order valence-corrected chi connectivity index (χ4v) is 9.51. The van der Waals surface area contributed by atoms with E-state index in [4.69, 9.17) is 51.8 Å². The van der Waals surface area contributed by atoms with Crippen LogP contribution in [0.15, 0.2) is 121 Å². The molecule has 5 aromatic rings. The van der Waals surface area contributed by atoms with Gasteiger partial charge in [0.1, 0.15) is 15.9 Å². The second-order valence-corrected chi connectivity index (χ2v) is 12.8. The highest BCUT2D eigenvalue weighted by atomic mass is 35.7. The predicted octanol–water partition coefficient (Wildman–Crippen LogP) is 1.95. The molecule has 4 aromatic carbocycles. The molecule has 0 fully saturated rings. The van der Waals surface area contributed by atoms with E-state index in [2.05, 4.69) is 72.8 Å². The Morgan fingerprint density at radius 1 is 0.553 bits per heavy atom. The lowest BCUT2D eigenvalue weighted by Gasteiger charge is -2.28. The van der Waals surface area contributed by atoms with Crippen LogP contribution in [0.4, 0.5) is 0 Å². The first-order chi connectivity index (χ1) is 18.2. The van der Waals surface area contributed by atoms with Crippen molar-refractivity contribution in [2.75, 3.05) is 0 Å². The van der Waals surface area contributed by atoms with Crippen LogP contribution in [0.3, 0.4) is 0 Å². The van der Waals surface area contributed by atoms with Crippen molar-refractivity contribution in [2.45, 2.75) is 0 Å². The van der Waals surface area contributed by atoms with Crippen LogP contribution in [-0.2, 0) is 0 Å². The predicted molar refractivity (Wildman–Crippen MR) is 144 cm³/mol. The largest absolute Gasteiger partial charge is 0.212 e. The zero-order valence-corrected chi connectivity index (χ0v) is 22.9. The van der Waals surface area contributed by atoms with Gasteiger partial charge in [-0.3, -0.25) is 0 Å². The minimum absolute atomic E-state index is 0.374. The molecule has 38 heavy (non-hydrogen) atoms.